The third-order valence-electron chi connectivity index (χ3n) is 5.81. The van der Waals surface area contributed by atoms with Gasteiger partial charge in [-0.2, -0.15) is 4.31 Å². The molecule has 0 spiro atoms. The molecule has 1 fully saturated rings. The summed E-state index contributed by atoms with van der Waals surface area (Å²) in [4.78, 5) is 19.9. The van der Waals surface area contributed by atoms with E-state index in [-0.39, 0.29) is 17.3 Å². The molecule has 33 heavy (non-hydrogen) atoms. The van der Waals surface area contributed by atoms with Crippen LogP contribution in [0.4, 0.5) is 5.82 Å². The molecule has 4 rings (SSSR count). The molecule has 0 bridgehead atoms. The summed E-state index contributed by atoms with van der Waals surface area (Å²) in [6.07, 6.45) is 2.90. The monoisotopic (exact) mass is 465 g/mol. The molecule has 2 aromatic carbocycles. The summed E-state index contributed by atoms with van der Waals surface area (Å²) in [6, 6.07) is 21.5. The van der Waals surface area contributed by atoms with Crippen LogP contribution in [-0.4, -0.2) is 43.8 Å². The van der Waals surface area contributed by atoms with Gasteiger partial charge in [0.1, 0.15) is 11.6 Å². The standard InChI is InChI=1S/C25H27N3O4S/c1-32-22-12-14-23(15-13-22)33(30,31)27-17-7-10-21(19-27)25(29)28(24-11-5-6-16-26-24)18-20-8-3-2-4-9-20/h2-6,8-9,11-16,21H,7,10,17-19H2,1H3. The first-order valence-electron chi connectivity index (χ1n) is 10.9. The highest BCUT2D eigenvalue weighted by atomic mass is 32.2. The van der Waals surface area contributed by atoms with Crippen molar-refractivity contribution in [2.75, 3.05) is 25.1 Å². The number of benzene rings is 2. The van der Waals surface area contributed by atoms with Gasteiger partial charge in [-0.05, 0) is 54.8 Å². The van der Waals surface area contributed by atoms with Crippen LogP contribution in [0, 0.1) is 5.92 Å². The van der Waals surface area contributed by atoms with Crippen molar-refractivity contribution < 1.29 is 17.9 Å². The number of carbonyl (C=O) groups excluding carboxylic acids is 1. The zero-order valence-electron chi connectivity index (χ0n) is 18.5. The van der Waals surface area contributed by atoms with E-state index in [2.05, 4.69) is 4.98 Å². The second-order valence-corrected chi connectivity index (χ2v) is 9.91. The molecule has 0 saturated carbocycles. The van der Waals surface area contributed by atoms with Gasteiger partial charge in [-0.3, -0.25) is 9.69 Å². The van der Waals surface area contributed by atoms with Crippen molar-refractivity contribution >= 4 is 21.7 Å². The van der Waals surface area contributed by atoms with Gasteiger partial charge in [-0.1, -0.05) is 36.4 Å². The average molecular weight is 466 g/mol. The lowest BCUT2D eigenvalue weighted by Gasteiger charge is -2.34. The van der Waals surface area contributed by atoms with E-state index in [0.717, 1.165) is 5.56 Å². The normalized spacial score (nSPS) is 16.8. The summed E-state index contributed by atoms with van der Waals surface area (Å²) in [5.41, 5.74) is 0.982. The Morgan fingerprint density at radius 1 is 1.06 bits per heavy atom. The molecule has 0 aliphatic carbocycles. The molecule has 2 heterocycles. The molecule has 0 radical (unpaired) electrons. The number of aromatic nitrogens is 1. The summed E-state index contributed by atoms with van der Waals surface area (Å²) in [7, 11) is -2.18. The maximum absolute atomic E-state index is 13.6. The van der Waals surface area contributed by atoms with Crippen LogP contribution in [0.2, 0.25) is 0 Å². The van der Waals surface area contributed by atoms with Crippen molar-refractivity contribution in [1.82, 2.24) is 9.29 Å². The number of hydrogen-bond acceptors (Lipinski definition) is 5. The summed E-state index contributed by atoms with van der Waals surface area (Å²) < 4.78 is 33.0. The first kappa shape index (κ1) is 22.9. The van der Waals surface area contributed by atoms with Gasteiger partial charge < -0.3 is 4.74 Å². The van der Waals surface area contributed by atoms with Crippen LogP contribution in [0.1, 0.15) is 18.4 Å². The molecule has 3 aromatic rings. The number of hydrogen-bond donors (Lipinski definition) is 0. The number of pyridine rings is 1. The quantitative estimate of drug-likeness (QED) is 0.531. The highest BCUT2D eigenvalue weighted by molar-refractivity contribution is 7.89. The van der Waals surface area contributed by atoms with E-state index in [1.807, 2.05) is 36.4 Å². The Labute approximate surface area is 194 Å². The van der Waals surface area contributed by atoms with Gasteiger partial charge in [0.05, 0.1) is 24.5 Å². The minimum absolute atomic E-state index is 0.118. The van der Waals surface area contributed by atoms with Crippen molar-refractivity contribution in [3.8, 4) is 5.75 Å². The topological polar surface area (TPSA) is 79.8 Å². The summed E-state index contributed by atoms with van der Waals surface area (Å²) in [5.74, 6) is 0.582. The number of ether oxygens (including phenoxy) is 1. The average Bonchev–Trinajstić information content (AvgIpc) is 2.88. The molecule has 7 nitrogen and oxygen atoms in total. The first-order chi connectivity index (χ1) is 16.0. The van der Waals surface area contributed by atoms with Crippen LogP contribution in [-0.2, 0) is 21.4 Å². The molecule has 1 aliphatic heterocycles. The van der Waals surface area contributed by atoms with Crippen molar-refractivity contribution in [3.63, 3.8) is 0 Å². The largest absolute Gasteiger partial charge is 0.497 e. The third-order valence-corrected chi connectivity index (χ3v) is 7.69. The lowest BCUT2D eigenvalue weighted by molar-refractivity contribution is -0.123. The number of methoxy groups -OCH3 is 1. The Balaban J connectivity index is 1.56. The molecule has 0 N–H and O–H groups in total. The molecular formula is C25H27N3O4S. The maximum Gasteiger partial charge on any atom is 0.243 e. The number of carbonyl (C=O) groups is 1. The Morgan fingerprint density at radius 2 is 1.79 bits per heavy atom. The van der Waals surface area contributed by atoms with Crippen LogP contribution in [0.5, 0.6) is 5.75 Å². The van der Waals surface area contributed by atoms with Crippen LogP contribution >= 0.6 is 0 Å². The minimum atomic E-state index is -3.71. The van der Waals surface area contributed by atoms with Crippen molar-refractivity contribution in [2.45, 2.75) is 24.3 Å². The second kappa shape index (κ2) is 10.1. The number of piperidine rings is 1. The van der Waals surface area contributed by atoms with E-state index >= 15 is 0 Å². The fourth-order valence-electron chi connectivity index (χ4n) is 4.03. The smallest absolute Gasteiger partial charge is 0.243 e. The Morgan fingerprint density at radius 3 is 2.45 bits per heavy atom. The van der Waals surface area contributed by atoms with Crippen LogP contribution in [0.15, 0.2) is 83.9 Å². The number of amides is 1. The van der Waals surface area contributed by atoms with Gasteiger partial charge >= 0.3 is 0 Å². The molecule has 8 heteroatoms. The highest BCUT2D eigenvalue weighted by Gasteiger charge is 2.35. The summed E-state index contributed by atoms with van der Waals surface area (Å²) in [6.45, 7) is 0.907. The molecule has 1 unspecified atom stereocenters. The van der Waals surface area contributed by atoms with E-state index in [0.29, 0.717) is 37.5 Å². The van der Waals surface area contributed by atoms with E-state index in [9.17, 15) is 13.2 Å². The van der Waals surface area contributed by atoms with Crippen LogP contribution < -0.4 is 9.64 Å². The fraction of sp³-hybridized carbons (Fsp3) is 0.280. The molecule has 1 amide bonds. The minimum Gasteiger partial charge on any atom is -0.497 e. The molecule has 1 aliphatic rings. The number of sulfonamides is 1. The Bertz CT molecular complexity index is 1170. The van der Waals surface area contributed by atoms with Gasteiger partial charge in [0.25, 0.3) is 0 Å². The molecule has 1 atom stereocenters. The predicted molar refractivity (Wildman–Crippen MR) is 126 cm³/mol. The van der Waals surface area contributed by atoms with Gasteiger partial charge in [-0.15, -0.1) is 0 Å². The lowest BCUT2D eigenvalue weighted by Crippen LogP contribution is -2.46. The Kier molecular flexibility index (Phi) is 7.05. The molecule has 172 valence electrons. The lowest BCUT2D eigenvalue weighted by atomic mass is 9.97. The Hall–Kier alpha value is -3.23. The first-order valence-corrected chi connectivity index (χ1v) is 12.3. The highest BCUT2D eigenvalue weighted by Crippen LogP contribution is 2.28. The number of rotatable bonds is 7. The van der Waals surface area contributed by atoms with Crippen molar-refractivity contribution in [1.29, 1.82) is 0 Å². The summed E-state index contributed by atoms with van der Waals surface area (Å²) in [5, 5.41) is 0. The van der Waals surface area contributed by atoms with Gasteiger partial charge in [-0.25, -0.2) is 13.4 Å². The van der Waals surface area contributed by atoms with Crippen molar-refractivity contribution in [3.05, 3.63) is 84.6 Å². The summed E-state index contributed by atoms with van der Waals surface area (Å²) >= 11 is 0. The zero-order chi connectivity index (χ0) is 23.3. The van der Waals surface area contributed by atoms with E-state index < -0.39 is 15.9 Å². The predicted octanol–water partition coefficient (Wildman–Crippen LogP) is 3.72. The van der Waals surface area contributed by atoms with E-state index in [1.165, 1.54) is 23.5 Å². The van der Waals surface area contributed by atoms with Crippen LogP contribution in [0.3, 0.4) is 0 Å². The maximum atomic E-state index is 13.6. The third kappa shape index (κ3) is 5.23. The number of anilines is 1. The molecular weight excluding hydrogens is 438 g/mol. The zero-order valence-corrected chi connectivity index (χ0v) is 19.3. The van der Waals surface area contributed by atoms with Gasteiger partial charge in [0.2, 0.25) is 15.9 Å². The fourth-order valence-corrected chi connectivity index (χ4v) is 5.55. The van der Waals surface area contributed by atoms with Gasteiger partial charge in [0.15, 0.2) is 0 Å². The second-order valence-electron chi connectivity index (χ2n) is 7.98. The van der Waals surface area contributed by atoms with Crippen molar-refractivity contribution in [2.24, 2.45) is 5.92 Å². The van der Waals surface area contributed by atoms with Crippen LogP contribution in [0.25, 0.3) is 0 Å². The molecule has 1 saturated heterocycles. The van der Waals surface area contributed by atoms with E-state index in [1.54, 1.807) is 35.4 Å². The SMILES string of the molecule is COc1ccc(S(=O)(=O)N2CCCC(C(=O)N(Cc3ccccc3)c3ccccn3)C2)cc1. The van der Waals surface area contributed by atoms with E-state index in [4.69, 9.17) is 4.74 Å². The van der Waals surface area contributed by atoms with Gasteiger partial charge in [0, 0.05) is 19.3 Å². The number of nitrogens with zero attached hydrogens (tertiary/aromatic N) is 3. The molecule has 1 aromatic heterocycles.